The summed E-state index contributed by atoms with van der Waals surface area (Å²) < 4.78 is 38.1. The topological polar surface area (TPSA) is 86.8 Å². The maximum Gasteiger partial charge on any atom is 0.387 e. The fourth-order valence-electron chi connectivity index (χ4n) is 1.83. The van der Waals surface area contributed by atoms with E-state index < -0.39 is 25.1 Å². The number of nitrogens with zero attached hydrogens (tertiary/aromatic N) is 1. The molecular weight excluding hydrogens is 338 g/mol. The molecule has 25 heavy (non-hydrogen) atoms. The van der Waals surface area contributed by atoms with Crippen LogP contribution in [0.15, 0.2) is 42.6 Å². The second-order valence-corrected chi connectivity index (χ2v) is 4.59. The third kappa shape index (κ3) is 5.41. The number of pyridine rings is 1. The molecule has 1 N–H and O–H groups in total. The first-order valence-corrected chi connectivity index (χ1v) is 7.00. The average Bonchev–Trinajstić information content (AvgIpc) is 2.61. The van der Waals surface area contributed by atoms with Crippen molar-refractivity contribution in [1.29, 1.82) is 0 Å². The van der Waals surface area contributed by atoms with Crippen LogP contribution in [0.25, 0.3) is 0 Å². The third-order valence-electron chi connectivity index (χ3n) is 2.88. The SMILES string of the molecule is COc1ncccc1C(=O)OCC(=O)Nc1ccc(OC(F)F)cc1. The summed E-state index contributed by atoms with van der Waals surface area (Å²) in [6, 6.07) is 8.28. The Labute approximate surface area is 141 Å². The minimum atomic E-state index is -2.93. The number of methoxy groups -OCH3 is 1. The molecule has 2 rings (SSSR count). The summed E-state index contributed by atoms with van der Waals surface area (Å²) in [6.07, 6.45) is 1.45. The highest BCUT2D eigenvalue weighted by atomic mass is 19.3. The molecule has 0 radical (unpaired) electrons. The van der Waals surface area contributed by atoms with Crippen LogP contribution in [-0.2, 0) is 9.53 Å². The van der Waals surface area contributed by atoms with E-state index in [4.69, 9.17) is 9.47 Å². The molecule has 1 heterocycles. The van der Waals surface area contributed by atoms with Crippen molar-refractivity contribution in [2.75, 3.05) is 19.0 Å². The van der Waals surface area contributed by atoms with Crippen LogP contribution in [0.3, 0.4) is 0 Å². The number of nitrogens with one attached hydrogen (secondary N) is 1. The van der Waals surface area contributed by atoms with Gasteiger partial charge in [-0.15, -0.1) is 0 Å². The van der Waals surface area contributed by atoms with Crippen LogP contribution in [0.4, 0.5) is 14.5 Å². The minimum Gasteiger partial charge on any atom is -0.480 e. The number of benzene rings is 1. The summed E-state index contributed by atoms with van der Waals surface area (Å²) in [5.74, 6) is -1.31. The smallest absolute Gasteiger partial charge is 0.387 e. The van der Waals surface area contributed by atoms with Crippen molar-refractivity contribution in [2.24, 2.45) is 0 Å². The Kier molecular flexibility index (Phi) is 6.21. The van der Waals surface area contributed by atoms with Gasteiger partial charge in [-0.2, -0.15) is 8.78 Å². The summed E-state index contributed by atoms with van der Waals surface area (Å²) in [7, 11) is 1.35. The molecule has 1 aromatic heterocycles. The lowest BCUT2D eigenvalue weighted by molar-refractivity contribution is -0.119. The fourth-order valence-corrected chi connectivity index (χ4v) is 1.83. The Morgan fingerprint density at radius 1 is 1.20 bits per heavy atom. The molecule has 1 amide bonds. The van der Waals surface area contributed by atoms with Crippen molar-refractivity contribution < 1.29 is 32.6 Å². The number of rotatable bonds is 7. The van der Waals surface area contributed by atoms with Gasteiger partial charge in [-0.1, -0.05) is 0 Å². The van der Waals surface area contributed by atoms with Gasteiger partial charge in [-0.25, -0.2) is 9.78 Å². The maximum atomic E-state index is 12.0. The Balaban J connectivity index is 1.87. The first kappa shape index (κ1) is 18.1. The molecule has 0 spiro atoms. The Bertz CT molecular complexity index is 738. The van der Waals surface area contributed by atoms with Crippen LogP contribution in [-0.4, -0.2) is 37.2 Å². The van der Waals surface area contributed by atoms with Gasteiger partial charge < -0.3 is 19.5 Å². The molecule has 9 heteroatoms. The van der Waals surface area contributed by atoms with Gasteiger partial charge >= 0.3 is 12.6 Å². The van der Waals surface area contributed by atoms with Gasteiger partial charge in [0.15, 0.2) is 6.61 Å². The number of amides is 1. The van der Waals surface area contributed by atoms with Gasteiger partial charge in [0.2, 0.25) is 5.88 Å². The number of anilines is 1. The van der Waals surface area contributed by atoms with Crippen LogP contribution < -0.4 is 14.8 Å². The summed E-state index contributed by atoms with van der Waals surface area (Å²) in [5.41, 5.74) is 0.424. The van der Waals surface area contributed by atoms with Crippen LogP contribution in [0.5, 0.6) is 11.6 Å². The van der Waals surface area contributed by atoms with Crippen molar-refractivity contribution in [2.45, 2.75) is 6.61 Å². The van der Waals surface area contributed by atoms with E-state index in [1.807, 2.05) is 0 Å². The van der Waals surface area contributed by atoms with E-state index in [0.29, 0.717) is 5.69 Å². The number of ether oxygens (including phenoxy) is 3. The van der Waals surface area contributed by atoms with Crippen LogP contribution in [0.1, 0.15) is 10.4 Å². The monoisotopic (exact) mass is 352 g/mol. The number of hydrogen-bond donors (Lipinski definition) is 1. The highest BCUT2D eigenvalue weighted by Crippen LogP contribution is 2.18. The highest BCUT2D eigenvalue weighted by Gasteiger charge is 2.16. The molecule has 1 aromatic carbocycles. The normalized spacial score (nSPS) is 10.2. The quantitative estimate of drug-likeness (QED) is 0.771. The average molecular weight is 352 g/mol. The van der Waals surface area contributed by atoms with E-state index in [1.54, 1.807) is 0 Å². The van der Waals surface area contributed by atoms with Crippen LogP contribution in [0, 0.1) is 0 Å². The number of halogens is 2. The summed E-state index contributed by atoms with van der Waals surface area (Å²) >= 11 is 0. The first-order valence-electron chi connectivity index (χ1n) is 7.00. The van der Waals surface area contributed by atoms with Crippen molar-refractivity contribution in [1.82, 2.24) is 4.98 Å². The summed E-state index contributed by atoms with van der Waals surface area (Å²) in [4.78, 5) is 27.6. The van der Waals surface area contributed by atoms with Gasteiger partial charge in [-0.05, 0) is 36.4 Å². The van der Waals surface area contributed by atoms with Crippen molar-refractivity contribution in [3.8, 4) is 11.6 Å². The molecule has 0 fully saturated rings. The lowest BCUT2D eigenvalue weighted by Gasteiger charge is -2.09. The number of esters is 1. The standard InChI is InChI=1S/C16H14F2N2O5/c1-23-14-12(3-2-8-19-14)15(22)24-9-13(21)20-10-4-6-11(7-5-10)25-16(17)18/h2-8,16H,9H2,1H3,(H,20,21). The number of carbonyl (C=O) groups is 2. The Morgan fingerprint density at radius 2 is 1.92 bits per heavy atom. The zero-order chi connectivity index (χ0) is 18.2. The van der Waals surface area contributed by atoms with Gasteiger partial charge in [0.1, 0.15) is 11.3 Å². The van der Waals surface area contributed by atoms with E-state index in [2.05, 4.69) is 15.0 Å². The largest absolute Gasteiger partial charge is 0.480 e. The molecule has 0 bridgehead atoms. The van der Waals surface area contributed by atoms with Crippen molar-refractivity contribution in [3.05, 3.63) is 48.2 Å². The maximum absolute atomic E-state index is 12.0. The summed E-state index contributed by atoms with van der Waals surface area (Å²) in [6.45, 7) is -3.46. The number of aromatic nitrogens is 1. The van der Waals surface area contributed by atoms with E-state index in [-0.39, 0.29) is 17.2 Å². The van der Waals surface area contributed by atoms with Crippen LogP contribution in [0.2, 0.25) is 0 Å². The fraction of sp³-hybridized carbons (Fsp3) is 0.188. The molecule has 0 saturated carbocycles. The zero-order valence-corrected chi connectivity index (χ0v) is 13.1. The molecular formula is C16H14F2N2O5. The van der Waals surface area contributed by atoms with E-state index in [0.717, 1.165) is 0 Å². The van der Waals surface area contributed by atoms with E-state index >= 15 is 0 Å². The molecule has 0 aliphatic heterocycles. The van der Waals surface area contributed by atoms with Gasteiger partial charge in [0.05, 0.1) is 7.11 Å². The van der Waals surface area contributed by atoms with Crippen molar-refractivity contribution >= 4 is 17.6 Å². The van der Waals surface area contributed by atoms with Gasteiger partial charge in [0.25, 0.3) is 5.91 Å². The van der Waals surface area contributed by atoms with Crippen LogP contribution >= 0.6 is 0 Å². The zero-order valence-electron chi connectivity index (χ0n) is 13.1. The molecule has 0 aliphatic rings. The van der Waals surface area contributed by atoms with Gasteiger partial charge in [-0.3, -0.25) is 4.79 Å². The predicted octanol–water partition coefficient (Wildman–Crippen LogP) is 2.49. The minimum absolute atomic E-state index is 0.0388. The Morgan fingerprint density at radius 3 is 2.56 bits per heavy atom. The molecule has 2 aromatic rings. The number of hydrogen-bond acceptors (Lipinski definition) is 6. The molecule has 0 saturated heterocycles. The van der Waals surface area contributed by atoms with E-state index in [9.17, 15) is 18.4 Å². The lowest BCUT2D eigenvalue weighted by Crippen LogP contribution is -2.21. The molecule has 132 valence electrons. The lowest BCUT2D eigenvalue weighted by atomic mass is 10.3. The molecule has 0 atom stereocenters. The van der Waals surface area contributed by atoms with E-state index in [1.165, 1.54) is 49.7 Å². The second kappa shape index (κ2) is 8.57. The molecule has 7 nitrogen and oxygen atoms in total. The molecule has 0 aliphatic carbocycles. The summed E-state index contributed by atoms with van der Waals surface area (Å²) in [5, 5.41) is 2.45. The van der Waals surface area contributed by atoms with Crippen molar-refractivity contribution in [3.63, 3.8) is 0 Å². The first-order chi connectivity index (χ1) is 12.0. The molecule has 0 unspecified atom stereocenters. The second-order valence-electron chi connectivity index (χ2n) is 4.59. The third-order valence-corrected chi connectivity index (χ3v) is 2.88. The Hall–Kier alpha value is -3.23. The number of carbonyl (C=O) groups excluding carboxylic acids is 2. The van der Waals surface area contributed by atoms with Gasteiger partial charge in [0, 0.05) is 11.9 Å². The number of alkyl halides is 2. The highest BCUT2D eigenvalue weighted by molar-refractivity contribution is 5.96. The predicted molar refractivity (Wildman–Crippen MR) is 82.8 cm³/mol.